The molecule has 0 N–H and O–H groups in total. The van der Waals surface area contributed by atoms with Crippen LogP contribution in [0, 0.1) is 0 Å². The van der Waals surface area contributed by atoms with Crippen LogP contribution in [0.15, 0.2) is 205 Å². The van der Waals surface area contributed by atoms with E-state index in [1.165, 1.54) is 76.5 Å². The predicted molar refractivity (Wildman–Crippen MR) is 241 cm³/mol. The highest BCUT2D eigenvalue weighted by molar-refractivity contribution is 6.26. The molecule has 0 fully saturated rings. The van der Waals surface area contributed by atoms with E-state index in [1.54, 1.807) is 0 Å². The fraction of sp³-hybridized carbons (Fsp3) is 0. The van der Waals surface area contributed by atoms with Gasteiger partial charge in [0.25, 0.3) is 0 Å². The van der Waals surface area contributed by atoms with Gasteiger partial charge in [-0.15, -0.1) is 0 Å². The highest BCUT2D eigenvalue weighted by Gasteiger charge is 2.22. The average Bonchev–Trinajstić information content (AvgIpc) is 3.66. The summed E-state index contributed by atoms with van der Waals surface area (Å²) in [5, 5.41) is 13.2. The third kappa shape index (κ3) is 4.81. The third-order valence-electron chi connectivity index (χ3n) is 11.9. The van der Waals surface area contributed by atoms with Crippen LogP contribution >= 0.6 is 0 Å². The van der Waals surface area contributed by atoms with Gasteiger partial charge in [0, 0.05) is 22.4 Å². The fourth-order valence-corrected chi connectivity index (χ4v) is 9.50. The van der Waals surface area contributed by atoms with E-state index in [9.17, 15) is 0 Å². The van der Waals surface area contributed by atoms with Crippen LogP contribution in [0.25, 0.3) is 120 Å². The second-order valence-corrected chi connectivity index (χ2v) is 15.0. The summed E-state index contributed by atoms with van der Waals surface area (Å²) >= 11 is 0. The maximum atomic E-state index is 6.85. The Morgan fingerprint density at radius 2 is 0.825 bits per heavy atom. The summed E-state index contributed by atoms with van der Waals surface area (Å²) in [6.45, 7) is 0. The summed E-state index contributed by atoms with van der Waals surface area (Å²) in [4.78, 5) is 4.70. The minimum Gasteiger partial charge on any atom is -0.456 e. The molecule has 12 rings (SSSR count). The molecule has 0 aliphatic carbocycles. The van der Waals surface area contributed by atoms with E-state index in [4.69, 9.17) is 9.40 Å². The molecule has 0 spiro atoms. The van der Waals surface area contributed by atoms with Gasteiger partial charge in [0.15, 0.2) is 0 Å². The zero-order valence-electron chi connectivity index (χ0n) is 30.9. The quantitative estimate of drug-likeness (QED) is 0.169. The van der Waals surface area contributed by atoms with Gasteiger partial charge in [-0.2, -0.15) is 0 Å². The van der Waals surface area contributed by atoms with E-state index in [0.717, 1.165) is 44.0 Å². The van der Waals surface area contributed by atoms with Crippen LogP contribution in [0.5, 0.6) is 0 Å². The van der Waals surface area contributed by atoms with Crippen molar-refractivity contribution >= 4 is 75.9 Å². The number of benzene rings is 10. The van der Waals surface area contributed by atoms with Crippen molar-refractivity contribution in [2.45, 2.75) is 0 Å². The van der Waals surface area contributed by atoms with E-state index in [0.29, 0.717) is 0 Å². The number of aromatic nitrogens is 1. The van der Waals surface area contributed by atoms with Crippen molar-refractivity contribution in [3.63, 3.8) is 0 Å². The minimum absolute atomic E-state index is 0.877. The van der Waals surface area contributed by atoms with Crippen molar-refractivity contribution in [1.82, 2.24) is 4.98 Å². The maximum Gasteiger partial charge on any atom is 0.136 e. The molecule has 10 aromatic carbocycles. The van der Waals surface area contributed by atoms with Gasteiger partial charge < -0.3 is 4.42 Å². The number of nitrogens with zero attached hydrogens (tertiary/aromatic N) is 1. The van der Waals surface area contributed by atoms with Crippen LogP contribution in [0.1, 0.15) is 0 Å². The largest absolute Gasteiger partial charge is 0.456 e. The smallest absolute Gasteiger partial charge is 0.136 e. The molecule has 2 heteroatoms. The summed E-state index contributed by atoms with van der Waals surface area (Å²) in [6.07, 6.45) is 1.87. The van der Waals surface area contributed by atoms with E-state index >= 15 is 0 Å². The van der Waals surface area contributed by atoms with Gasteiger partial charge >= 0.3 is 0 Å². The standard InChI is InChI=1S/C55H33NO/c1-2-14-35(15-3-1)51-42-21-8-10-23-44(42)54(45-24-11-9-22-43(45)51)47-25-12-26-49-55(47)46-30-29-37(33-50(46)57-49)53-40-19-6-4-17-38(40)52(39-18-5-7-20-41(39)53)36-28-27-34-16-13-31-56-48(34)32-36/h1-33H. The molecule has 57 heavy (non-hydrogen) atoms. The number of pyridine rings is 1. The Morgan fingerprint density at radius 1 is 0.316 bits per heavy atom. The van der Waals surface area contributed by atoms with Crippen LogP contribution in [-0.2, 0) is 0 Å². The topological polar surface area (TPSA) is 26.0 Å². The van der Waals surface area contributed by atoms with Crippen molar-refractivity contribution < 1.29 is 4.42 Å². The molecule has 0 unspecified atom stereocenters. The molecule has 2 heterocycles. The summed E-state index contributed by atoms with van der Waals surface area (Å²) in [7, 11) is 0. The molecule has 2 nitrogen and oxygen atoms in total. The van der Waals surface area contributed by atoms with Gasteiger partial charge in [-0.05, 0) is 118 Å². The first-order chi connectivity index (χ1) is 28.3. The number of furan rings is 1. The predicted octanol–water partition coefficient (Wildman–Crippen LogP) is 15.4. The summed E-state index contributed by atoms with van der Waals surface area (Å²) in [6, 6.07) is 70.2. The maximum absolute atomic E-state index is 6.85. The molecule has 0 saturated carbocycles. The molecular weight excluding hydrogens is 691 g/mol. The molecule has 0 aliphatic rings. The first-order valence-electron chi connectivity index (χ1n) is 19.5. The zero-order valence-corrected chi connectivity index (χ0v) is 30.9. The summed E-state index contributed by atoms with van der Waals surface area (Å²) in [5.74, 6) is 0. The van der Waals surface area contributed by atoms with Gasteiger partial charge in [0.1, 0.15) is 11.2 Å². The van der Waals surface area contributed by atoms with Gasteiger partial charge in [-0.3, -0.25) is 4.98 Å². The Balaban J connectivity index is 1.10. The van der Waals surface area contributed by atoms with Gasteiger partial charge in [-0.1, -0.05) is 164 Å². The molecule has 0 aliphatic heterocycles. The van der Waals surface area contributed by atoms with Gasteiger partial charge in [-0.25, -0.2) is 0 Å². The molecule has 0 amide bonds. The van der Waals surface area contributed by atoms with E-state index in [2.05, 4.69) is 188 Å². The Hall–Kier alpha value is -7.55. The number of fused-ring (bicyclic) bond motifs is 8. The second-order valence-electron chi connectivity index (χ2n) is 15.0. The number of hydrogen-bond acceptors (Lipinski definition) is 2. The Kier molecular flexibility index (Phi) is 6.96. The van der Waals surface area contributed by atoms with Crippen molar-refractivity contribution in [2.75, 3.05) is 0 Å². The lowest BCUT2D eigenvalue weighted by Gasteiger charge is -2.18. The SMILES string of the molecule is c1ccc(-c2c3ccccc3c(-c3cccc4oc5cc(-c6c7ccccc7c(-c7ccc8cccnc8c7)c7ccccc67)ccc5c34)c3ccccc23)cc1. The van der Waals surface area contributed by atoms with Crippen LogP contribution in [-0.4, -0.2) is 4.98 Å². The van der Waals surface area contributed by atoms with Crippen LogP contribution in [0.2, 0.25) is 0 Å². The highest BCUT2D eigenvalue weighted by atomic mass is 16.3. The first kappa shape index (κ1) is 31.8. The molecule has 0 radical (unpaired) electrons. The van der Waals surface area contributed by atoms with E-state index < -0.39 is 0 Å². The Bertz CT molecular complexity index is 3460. The van der Waals surface area contributed by atoms with Crippen LogP contribution in [0.3, 0.4) is 0 Å². The Morgan fingerprint density at radius 3 is 1.42 bits per heavy atom. The zero-order chi connectivity index (χ0) is 37.5. The molecule has 264 valence electrons. The monoisotopic (exact) mass is 723 g/mol. The first-order valence-corrected chi connectivity index (χ1v) is 19.5. The van der Waals surface area contributed by atoms with Crippen LogP contribution in [0.4, 0.5) is 0 Å². The molecule has 12 aromatic rings. The van der Waals surface area contributed by atoms with Crippen LogP contribution < -0.4 is 0 Å². The molecule has 0 atom stereocenters. The number of rotatable bonds is 4. The van der Waals surface area contributed by atoms with Crippen molar-refractivity contribution in [2.24, 2.45) is 0 Å². The van der Waals surface area contributed by atoms with Gasteiger partial charge in [0.05, 0.1) is 5.52 Å². The summed E-state index contributed by atoms with van der Waals surface area (Å²) in [5.41, 5.74) is 12.4. The molecule has 0 bridgehead atoms. The minimum atomic E-state index is 0.877. The van der Waals surface area contributed by atoms with Crippen molar-refractivity contribution in [1.29, 1.82) is 0 Å². The molecule has 0 saturated heterocycles. The second kappa shape index (κ2) is 12.5. The lowest BCUT2D eigenvalue weighted by Crippen LogP contribution is -1.91. The highest BCUT2D eigenvalue weighted by Crippen LogP contribution is 2.49. The Labute approximate surface area is 328 Å². The van der Waals surface area contributed by atoms with Crippen molar-refractivity contribution in [3.05, 3.63) is 200 Å². The third-order valence-corrected chi connectivity index (χ3v) is 11.9. The van der Waals surface area contributed by atoms with Crippen molar-refractivity contribution in [3.8, 4) is 44.5 Å². The summed E-state index contributed by atoms with van der Waals surface area (Å²) < 4.78 is 6.85. The number of hydrogen-bond donors (Lipinski definition) is 0. The molecule has 2 aromatic heterocycles. The van der Waals surface area contributed by atoms with Gasteiger partial charge in [0.2, 0.25) is 0 Å². The average molecular weight is 724 g/mol. The normalized spacial score (nSPS) is 11.9. The lowest BCUT2D eigenvalue weighted by atomic mass is 9.84. The fourth-order valence-electron chi connectivity index (χ4n) is 9.50. The lowest BCUT2D eigenvalue weighted by molar-refractivity contribution is 0.669. The van der Waals surface area contributed by atoms with E-state index in [-0.39, 0.29) is 0 Å². The van der Waals surface area contributed by atoms with E-state index in [1.807, 2.05) is 12.3 Å². The molecular formula is C55H33NO.